The molecule has 4 N–H and O–H groups in total. The first-order chi connectivity index (χ1) is 18.4. The molecule has 13 heteroatoms. The number of alkyl halides is 3. The fourth-order valence-corrected chi connectivity index (χ4v) is 4.55. The van der Waals surface area contributed by atoms with Gasteiger partial charge in [0.2, 0.25) is 11.8 Å². The average molecular weight is 551 g/mol. The molecule has 0 radical (unpaired) electrons. The number of carbonyl (C=O) groups excluding carboxylic acids is 2. The lowest BCUT2D eigenvalue weighted by Crippen LogP contribution is -2.57. The van der Waals surface area contributed by atoms with Crippen LogP contribution in [-0.4, -0.2) is 65.5 Å². The molecule has 0 spiro atoms. The summed E-state index contributed by atoms with van der Waals surface area (Å²) in [5, 5.41) is 12.2. The second-order valence-electron chi connectivity index (χ2n) is 9.13. The highest BCUT2D eigenvalue weighted by atomic mass is 19.4. The normalized spacial score (nSPS) is 20.9. The Bertz CT molecular complexity index is 1310. The van der Waals surface area contributed by atoms with Gasteiger partial charge >= 0.3 is 6.36 Å². The monoisotopic (exact) mass is 550 g/mol. The van der Waals surface area contributed by atoms with Crippen LogP contribution in [0, 0.1) is 5.82 Å². The molecule has 1 aliphatic carbocycles. The molecule has 1 fully saturated rings. The van der Waals surface area contributed by atoms with Gasteiger partial charge in [0.25, 0.3) is 0 Å². The standard InChI is InChI=1S/C26H26F4N4O5/c1-15(34-8-10-38-11-9-34)24(37)33-25(13-16(23(31)36)2-7-22(25)39-26(28,29)30)17-3-6-21(32-14-17)19-5-4-18(35)12-20(19)27/h2-7,12,14-15,35H,8-11,13H2,1H3,(H2,31,36)(H,33,37). The number of phenolic OH excluding ortho intramolecular Hbond substituents is 1. The summed E-state index contributed by atoms with van der Waals surface area (Å²) < 4.78 is 64.6. The van der Waals surface area contributed by atoms with Crippen molar-refractivity contribution in [1.29, 1.82) is 0 Å². The van der Waals surface area contributed by atoms with E-state index in [1.165, 1.54) is 30.5 Å². The number of carbonyl (C=O) groups is 2. The van der Waals surface area contributed by atoms with Crippen LogP contribution in [0.5, 0.6) is 5.75 Å². The fraction of sp³-hybridized carbons (Fsp3) is 0.346. The fourth-order valence-electron chi connectivity index (χ4n) is 4.55. The number of phenols is 1. The van der Waals surface area contributed by atoms with E-state index in [1.54, 1.807) is 6.92 Å². The number of ether oxygens (including phenoxy) is 2. The third-order valence-corrected chi connectivity index (χ3v) is 6.65. The number of pyridine rings is 1. The number of halogens is 4. The topological polar surface area (TPSA) is 127 Å². The van der Waals surface area contributed by atoms with E-state index in [9.17, 15) is 32.3 Å². The van der Waals surface area contributed by atoms with Gasteiger partial charge in [-0.15, -0.1) is 13.2 Å². The number of nitrogens with one attached hydrogen (secondary N) is 1. The summed E-state index contributed by atoms with van der Waals surface area (Å²) in [6.45, 7) is 3.25. The number of rotatable bonds is 7. The van der Waals surface area contributed by atoms with Gasteiger partial charge in [0.15, 0.2) is 0 Å². The molecule has 1 aromatic carbocycles. The minimum Gasteiger partial charge on any atom is -0.508 e. The van der Waals surface area contributed by atoms with E-state index in [-0.39, 0.29) is 28.1 Å². The van der Waals surface area contributed by atoms with E-state index >= 15 is 0 Å². The van der Waals surface area contributed by atoms with Crippen molar-refractivity contribution < 1.29 is 41.7 Å². The highest BCUT2D eigenvalue weighted by molar-refractivity contribution is 5.93. The largest absolute Gasteiger partial charge is 0.572 e. The van der Waals surface area contributed by atoms with Crippen LogP contribution in [0.3, 0.4) is 0 Å². The van der Waals surface area contributed by atoms with Gasteiger partial charge in [-0.25, -0.2) is 4.39 Å². The van der Waals surface area contributed by atoms with E-state index in [1.807, 2.05) is 4.90 Å². The van der Waals surface area contributed by atoms with Gasteiger partial charge in [-0.05, 0) is 31.2 Å². The van der Waals surface area contributed by atoms with Gasteiger partial charge in [0, 0.05) is 48.5 Å². The molecule has 2 heterocycles. The number of aromatic hydroxyl groups is 1. The van der Waals surface area contributed by atoms with Gasteiger partial charge in [-0.3, -0.25) is 19.5 Å². The first-order valence-electron chi connectivity index (χ1n) is 12.0. The van der Waals surface area contributed by atoms with Crippen LogP contribution in [-0.2, 0) is 24.6 Å². The summed E-state index contributed by atoms with van der Waals surface area (Å²) >= 11 is 0. The molecule has 208 valence electrons. The lowest BCUT2D eigenvalue weighted by atomic mass is 9.78. The van der Waals surface area contributed by atoms with Crippen molar-refractivity contribution in [3.8, 4) is 17.0 Å². The molecular formula is C26H26F4N4O5. The molecule has 1 aromatic heterocycles. The smallest absolute Gasteiger partial charge is 0.508 e. The van der Waals surface area contributed by atoms with Gasteiger partial charge in [-0.1, -0.05) is 12.1 Å². The second kappa shape index (κ2) is 11.0. The molecule has 4 rings (SSSR count). The first-order valence-corrected chi connectivity index (χ1v) is 12.0. The van der Waals surface area contributed by atoms with E-state index in [0.29, 0.717) is 26.3 Å². The van der Waals surface area contributed by atoms with Crippen LogP contribution in [0.15, 0.2) is 60.0 Å². The minimum absolute atomic E-state index is 0.0297. The average Bonchev–Trinajstić information content (AvgIpc) is 2.89. The van der Waals surface area contributed by atoms with Gasteiger partial charge in [-0.2, -0.15) is 0 Å². The summed E-state index contributed by atoms with van der Waals surface area (Å²) in [5.41, 5.74) is 3.56. The Balaban J connectivity index is 1.79. The number of morpholine rings is 1. The molecule has 0 bridgehead atoms. The van der Waals surface area contributed by atoms with E-state index in [4.69, 9.17) is 10.5 Å². The van der Waals surface area contributed by atoms with Crippen LogP contribution in [0.25, 0.3) is 11.3 Å². The van der Waals surface area contributed by atoms with Crippen molar-refractivity contribution in [1.82, 2.24) is 15.2 Å². The van der Waals surface area contributed by atoms with Crippen molar-refractivity contribution in [3.05, 3.63) is 71.4 Å². The number of hydrogen-bond acceptors (Lipinski definition) is 7. The zero-order chi connectivity index (χ0) is 28.4. The van der Waals surface area contributed by atoms with Crippen molar-refractivity contribution in [2.75, 3.05) is 26.3 Å². The third-order valence-electron chi connectivity index (χ3n) is 6.65. The van der Waals surface area contributed by atoms with Crippen LogP contribution < -0.4 is 11.1 Å². The Morgan fingerprint density at radius 2 is 1.92 bits per heavy atom. The zero-order valence-corrected chi connectivity index (χ0v) is 20.8. The van der Waals surface area contributed by atoms with Crippen LogP contribution in [0.4, 0.5) is 17.6 Å². The maximum Gasteiger partial charge on any atom is 0.572 e. The van der Waals surface area contributed by atoms with Gasteiger partial charge in [0.05, 0.1) is 24.9 Å². The van der Waals surface area contributed by atoms with Gasteiger partial charge in [0.1, 0.15) is 22.9 Å². The summed E-state index contributed by atoms with van der Waals surface area (Å²) in [6.07, 6.45) is -2.38. The molecule has 2 aliphatic rings. The van der Waals surface area contributed by atoms with Gasteiger partial charge < -0.3 is 25.6 Å². The van der Waals surface area contributed by atoms with Crippen molar-refractivity contribution in [2.24, 2.45) is 5.73 Å². The highest BCUT2D eigenvalue weighted by Crippen LogP contribution is 2.42. The number of aromatic nitrogens is 1. The highest BCUT2D eigenvalue weighted by Gasteiger charge is 2.48. The number of amides is 2. The summed E-state index contributed by atoms with van der Waals surface area (Å²) in [6, 6.07) is 5.37. The predicted molar refractivity (Wildman–Crippen MR) is 130 cm³/mol. The summed E-state index contributed by atoms with van der Waals surface area (Å²) in [4.78, 5) is 31.6. The molecule has 9 nitrogen and oxygen atoms in total. The maximum atomic E-state index is 14.4. The third kappa shape index (κ3) is 6.20. The molecule has 2 amide bonds. The van der Waals surface area contributed by atoms with Crippen molar-refractivity contribution >= 4 is 11.8 Å². The Labute approximate surface area is 220 Å². The van der Waals surface area contributed by atoms with Crippen molar-refractivity contribution in [2.45, 2.75) is 31.3 Å². The lowest BCUT2D eigenvalue weighted by molar-refractivity contribution is -0.310. The summed E-state index contributed by atoms with van der Waals surface area (Å²) in [7, 11) is 0. The Kier molecular flexibility index (Phi) is 7.93. The molecule has 2 atom stereocenters. The predicted octanol–water partition coefficient (Wildman–Crippen LogP) is 2.86. The number of primary amides is 1. The van der Waals surface area contributed by atoms with E-state index in [2.05, 4.69) is 15.0 Å². The van der Waals surface area contributed by atoms with E-state index in [0.717, 1.165) is 18.2 Å². The van der Waals surface area contributed by atoms with Crippen molar-refractivity contribution in [3.63, 3.8) is 0 Å². The molecule has 39 heavy (non-hydrogen) atoms. The Morgan fingerprint density at radius 3 is 2.51 bits per heavy atom. The molecular weight excluding hydrogens is 524 g/mol. The SMILES string of the molecule is CC(C(=O)NC1(c2ccc(-c3ccc(O)cc3F)nc2)CC(C(N)=O)=CC=C1OC(F)(F)F)N1CCOCC1. The first kappa shape index (κ1) is 28.0. The van der Waals surface area contributed by atoms with E-state index < -0.39 is 47.8 Å². The molecule has 2 aromatic rings. The number of nitrogens with zero attached hydrogens (tertiary/aromatic N) is 2. The number of hydrogen-bond donors (Lipinski definition) is 3. The van der Waals surface area contributed by atoms with Crippen LogP contribution in [0.2, 0.25) is 0 Å². The second-order valence-corrected chi connectivity index (χ2v) is 9.13. The van der Waals surface area contributed by atoms with Crippen LogP contribution in [0.1, 0.15) is 18.9 Å². The minimum atomic E-state index is -5.13. The molecule has 0 saturated carbocycles. The Hall–Kier alpha value is -3.97. The maximum absolute atomic E-state index is 14.4. The number of nitrogens with two attached hydrogens (primary N) is 1. The summed E-state index contributed by atoms with van der Waals surface area (Å²) in [5.74, 6) is -3.29. The lowest BCUT2D eigenvalue weighted by Gasteiger charge is -2.41. The number of allylic oxidation sites excluding steroid dienone is 2. The zero-order valence-electron chi connectivity index (χ0n) is 20.8. The molecule has 2 unspecified atom stereocenters. The molecule has 1 aliphatic heterocycles. The Morgan fingerprint density at radius 1 is 1.21 bits per heavy atom. The van der Waals surface area contributed by atoms with Crippen LogP contribution >= 0.6 is 0 Å². The molecule has 1 saturated heterocycles. The quantitative estimate of drug-likeness (QED) is 0.453. The number of benzene rings is 1.